The minimum atomic E-state index is -0.530. The average Bonchev–Trinajstić information content (AvgIpc) is 3.40. The maximum atomic E-state index is 12.6. The van der Waals surface area contributed by atoms with Gasteiger partial charge in [-0.05, 0) is 58.9 Å². The molecule has 12 heteroatoms. The predicted molar refractivity (Wildman–Crippen MR) is 132 cm³/mol. The van der Waals surface area contributed by atoms with E-state index < -0.39 is 17.7 Å². The van der Waals surface area contributed by atoms with Crippen molar-refractivity contribution < 1.29 is 18.8 Å². The molecule has 0 bridgehead atoms. The molecule has 3 aromatic rings. The molecule has 35 heavy (non-hydrogen) atoms. The minimum Gasteiger partial charge on any atom is -0.447 e. The van der Waals surface area contributed by atoms with Crippen molar-refractivity contribution in [2.75, 3.05) is 16.8 Å². The molecule has 0 spiro atoms. The third kappa shape index (κ3) is 6.01. The van der Waals surface area contributed by atoms with E-state index in [4.69, 9.17) is 37.2 Å². The van der Waals surface area contributed by atoms with Crippen molar-refractivity contribution in [3.63, 3.8) is 0 Å². The summed E-state index contributed by atoms with van der Waals surface area (Å²) in [5.41, 5.74) is 0.375. The molecule has 0 unspecified atom stereocenters. The molecular formula is C23H26Cl2N6O4. The van der Waals surface area contributed by atoms with Crippen molar-refractivity contribution >= 4 is 41.1 Å². The van der Waals surface area contributed by atoms with Gasteiger partial charge in [-0.1, -0.05) is 28.4 Å². The summed E-state index contributed by atoms with van der Waals surface area (Å²) < 4.78 is 16.8. The van der Waals surface area contributed by atoms with Gasteiger partial charge in [0.15, 0.2) is 0 Å². The number of hydrogen-bond donors (Lipinski definition) is 1. The first-order valence-corrected chi connectivity index (χ1v) is 11.8. The topological polar surface area (TPSA) is 116 Å². The summed E-state index contributed by atoms with van der Waals surface area (Å²) in [6, 6.07) is 7.79. The van der Waals surface area contributed by atoms with Crippen LogP contribution < -0.4 is 10.2 Å². The Balaban J connectivity index is 1.53. The van der Waals surface area contributed by atoms with Gasteiger partial charge in [-0.2, -0.15) is 9.97 Å². The highest BCUT2D eigenvalue weighted by atomic mass is 35.5. The molecule has 186 valence electrons. The summed E-state index contributed by atoms with van der Waals surface area (Å²) >= 11 is 12.2. The predicted octanol–water partition coefficient (Wildman–Crippen LogP) is 5.54. The highest BCUT2D eigenvalue weighted by Crippen LogP contribution is 2.29. The lowest BCUT2D eigenvalue weighted by Crippen LogP contribution is -2.45. The van der Waals surface area contributed by atoms with Gasteiger partial charge in [0, 0.05) is 16.7 Å². The number of anilines is 2. The second-order valence-corrected chi connectivity index (χ2v) is 9.97. The standard InChI is InChI=1S/C23H26Cl2N6O4/c1-12(20-29-19(30-35-20)14-6-8-15(24)9-7-14)26-21-27-17(25)10-18(28-21)31-16(11-33-22(31)32)13(2)34-23(3,4)5/h6-10,12-13,16H,11H2,1-5H3,(H,26,27,28)/t12-,13+,16+/m0/s1. The van der Waals surface area contributed by atoms with Gasteiger partial charge in [-0.15, -0.1) is 0 Å². The molecule has 0 radical (unpaired) electrons. The van der Waals surface area contributed by atoms with E-state index in [1.54, 1.807) is 24.3 Å². The van der Waals surface area contributed by atoms with E-state index >= 15 is 0 Å². The van der Waals surface area contributed by atoms with E-state index in [9.17, 15) is 4.79 Å². The van der Waals surface area contributed by atoms with Crippen LogP contribution in [-0.2, 0) is 9.47 Å². The van der Waals surface area contributed by atoms with Crippen molar-refractivity contribution in [2.24, 2.45) is 0 Å². The number of ether oxygens (including phenoxy) is 2. The van der Waals surface area contributed by atoms with Crippen LogP contribution in [0.25, 0.3) is 11.4 Å². The second kappa shape index (κ2) is 9.96. The molecular weight excluding hydrogens is 495 g/mol. The zero-order valence-corrected chi connectivity index (χ0v) is 21.5. The van der Waals surface area contributed by atoms with Crippen LogP contribution in [0.4, 0.5) is 16.6 Å². The normalized spacial score (nSPS) is 17.9. The number of cyclic esters (lactones) is 1. The molecule has 1 aliphatic heterocycles. The molecule has 3 atom stereocenters. The van der Waals surface area contributed by atoms with Gasteiger partial charge in [0.1, 0.15) is 29.7 Å². The van der Waals surface area contributed by atoms with Crippen LogP contribution in [0.1, 0.15) is 46.6 Å². The monoisotopic (exact) mass is 520 g/mol. The lowest BCUT2D eigenvalue weighted by molar-refractivity contribution is -0.0618. The molecule has 1 aromatic carbocycles. The number of aromatic nitrogens is 4. The number of benzene rings is 1. The Morgan fingerprint density at radius 2 is 1.86 bits per heavy atom. The zero-order chi connectivity index (χ0) is 25.3. The van der Waals surface area contributed by atoms with Gasteiger partial charge in [0.2, 0.25) is 17.7 Å². The summed E-state index contributed by atoms with van der Waals surface area (Å²) in [4.78, 5) is 27.2. The van der Waals surface area contributed by atoms with E-state index in [0.29, 0.717) is 22.6 Å². The number of carbonyl (C=O) groups excluding carboxylic acids is 1. The Bertz CT molecular complexity index is 1200. The molecule has 1 saturated heterocycles. The number of carbonyl (C=O) groups is 1. The van der Waals surface area contributed by atoms with Crippen LogP contribution in [0, 0.1) is 0 Å². The van der Waals surface area contributed by atoms with Gasteiger partial charge < -0.3 is 19.3 Å². The lowest BCUT2D eigenvalue weighted by atomic mass is 10.1. The number of rotatable bonds is 7. The number of hydrogen-bond acceptors (Lipinski definition) is 9. The maximum absolute atomic E-state index is 12.6. The van der Waals surface area contributed by atoms with Gasteiger partial charge in [-0.25, -0.2) is 9.78 Å². The van der Waals surface area contributed by atoms with Crippen molar-refractivity contribution in [1.82, 2.24) is 20.1 Å². The smallest absolute Gasteiger partial charge is 0.416 e. The Kier molecular flexibility index (Phi) is 7.16. The first kappa shape index (κ1) is 25.2. The van der Waals surface area contributed by atoms with Crippen molar-refractivity contribution in [1.29, 1.82) is 0 Å². The van der Waals surface area contributed by atoms with Crippen LogP contribution in [0.3, 0.4) is 0 Å². The van der Waals surface area contributed by atoms with Gasteiger partial charge >= 0.3 is 6.09 Å². The maximum Gasteiger partial charge on any atom is 0.416 e. The molecule has 0 saturated carbocycles. The quantitative estimate of drug-likeness (QED) is 0.401. The highest BCUT2D eigenvalue weighted by Gasteiger charge is 2.40. The molecule has 10 nitrogen and oxygen atoms in total. The fourth-order valence-corrected chi connectivity index (χ4v) is 3.96. The van der Waals surface area contributed by atoms with Crippen LogP contribution >= 0.6 is 23.2 Å². The van der Waals surface area contributed by atoms with Crippen LogP contribution in [0.15, 0.2) is 34.9 Å². The fraction of sp³-hybridized carbons (Fsp3) is 0.435. The minimum absolute atomic E-state index is 0.153. The van der Waals surface area contributed by atoms with E-state index in [2.05, 4.69) is 25.4 Å². The summed E-state index contributed by atoms with van der Waals surface area (Å²) in [5.74, 6) is 1.23. The number of nitrogens with zero attached hydrogens (tertiary/aromatic N) is 5. The summed E-state index contributed by atoms with van der Waals surface area (Å²) in [5, 5.41) is 7.89. The molecule has 4 rings (SSSR count). The first-order chi connectivity index (χ1) is 16.5. The van der Waals surface area contributed by atoms with Crippen LogP contribution in [-0.4, -0.2) is 50.6 Å². The number of halogens is 2. The van der Waals surface area contributed by atoms with E-state index in [1.165, 1.54) is 11.0 Å². The molecule has 1 N–H and O–H groups in total. The number of nitrogens with one attached hydrogen (secondary N) is 1. The Labute approximate surface area is 212 Å². The summed E-state index contributed by atoms with van der Waals surface area (Å²) in [7, 11) is 0. The second-order valence-electron chi connectivity index (χ2n) is 9.15. The van der Waals surface area contributed by atoms with Gasteiger partial charge in [0.05, 0.1) is 11.7 Å². The SMILES string of the molecule is C[C@H](Nc1nc(Cl)cc(N2C(=O)OC[C@@H]2[C@@H](C)OC(C)(C)C)n1)c1nc(-c2ccc(Cl)cc2)no1. The third-order valence-corrected chi connectivity index (χ3v) is 5.62. The number of amides is 1. The Morgan fingerprint density at radius 1 is 1.14 bits per heavy atom. The Hall–Kier alpha value is -2.95. The van der Waals surface area contributed by atoms with Crippen LogP contribution in [0.5, 0.6) is 0 Å². The molecule has 1 aliphatic rings. The third-order valence-electron chi connectivity index (χ3n) is 5.18. The average molecular weight is 521 g/mol. The van der Waals surface area contributed by atoms with Crippen molar-refractivity contribution in [2.45, 2.75) is 58.4 Å². The van der Waals surface area contributed by atoms with Crippen LogP contribution in [0.2, 0.25) is 10.2 Å². The van der Waals surface area contributed by atoms with Gasteiger partial charge in [0.25, 0.3) is 0 Å². The fourth-order valence-electron chi connectivity index (χ4n) is 3.66. The summed E-state index contributed by atoms with van der Waals surface area (Å²) in [6.07, 6.45) is -0.840. The molecule has 2 aromatic heterocycles. The van der Waals surface area contributed by atoms with E-state index in [1.807, 2.05) is 34.6 Å². The molecule has 1 amide bonds. The molecule has 0 aliphatic carbocycles. The Morgan fingerprint density at radius 3 is 2.54 bits per heavy atom. The van der Waals surface area contributed by atoms with Crippen molar-refractivity contribution in [3.8, 4) is 11.4 Å². The zero-order valence-electron chi connectivity index (χ0n) is 20.0. The largest absolute Gasteiger partial charge is 0.447 e. The van der Waals surface area contributed by atoms with E-state index in [-0.39, 0.29) is 29.9 Å². The summed E-state index contributed by atoms with van der Waals surface area (Å²) in [6.45, 7) is 9.73. The van der Waals surface area contributed by atoms with Crippen molar-refractivity contribution in [3.05, 3.63) is 46.4 Å². The highest BCUT2D eigenvalue weighted by molar-refractivity contribution is 6.30. The molecule has 1 fully saturated rings. The lowest BCUT2D eigenvalue weighted by Gasteiger charge is -2.31. The van der Waals surface area contributed by atoms with Gasteiger partial charge in [-0.3, -0.25) is 4.90 Å². The molecule has 3 heterocycles. The van der Waals surface area contributed by atoms with E-state index in [0.717, 1.165) is 5.56 Å². The first-order valence-electron chi connectivity index (χ1n) is 11.0.